The Morgan fingerprint density at radius 3 is 0.705 bits per heavy atom. The fourth-order valence-corrected chi connectivity index (χ4v) is 5.86. The maximum absolute atomic E-state index is 5.87. The molecule has 0 aliphatic rings. The van der Waals surface area contributed by atoms with Gasteiger partial charge in [0.1, 0.15) is 0 Å². The average Bonchev–Trinajstić information content (AvgIpc) is 3.00. The van der Waals surface area contributed by atoms with Crippen LogP contribution in [0.2, 0.25) is 0 Å². The van der Waals surface area contributed by atoms with Gasteiger partial charge in [-0.3, -0.25) is 0 Å². The van der Waals surface area contributed by atoms with Crippen LogP contribution in [-0.4, -0.2) is 26.8 Å². The molecule has 0 atom stereocenters. The van der Waals surface area contributed by atoms with Crippen molar-refractivity contribution >= 4 is 12.4 Å². The number of unbranched alkanes of at least 4 members (excludes halogenated alkanes) is 30. The van der Waals surface area contributed by atoms with Crippen molar-refractivity contribution in [3.63, 3.8) is 0 Å². The minimum absolute atomic E-state index is 0. The molecule has 0 unspecified atom stereocenters. The Morgan fingerprint density at radius 1 is 0.341 bits per heavy atom. The van der Waals surface area contributed by atoms with Gasteiger partial charge in [-0.05, 0) is 32.9 Å². The SMILES string of the molecule is CCCCCCCCCCCCCCCCCCOCCCCCCCCCCCCCCCCCC.CCCNC.Cl.[H-].[Na+]. The van der Waals surface area contributed by atoms with Gasteiger partial charge in [-0.2, -0.15) is 0 Å². The van der Waals surface area contributed by atoms with E-state index in [1.165, 1.54) is 212 Å². The molecule has 0 saturated carbocycles. The third-order valence-corrected chi connectivity index (χ3v) is 8.78. The molecule has 0 aromatic carbocycles. The van der Waals surface area contributed by atoms with Gasteiger partial charge in [-0.15, -0.1) is 12.4 Å². The van der Waals surface area contributed by atoms with Crippen molar-refractivity contribution in [1.29, 1.82) is 0 Å². The van der Waals surface area contributed by atoms with Crippen molar-refractivity contribution in [2.75, 3.05) is 26.8 Å². The molecule has 0 radical (unpaired) electrons. The predicted molar refractivity (Wildman–Crippen MR) is 202 cm³/mol. The molecule has 0 heterocycles. The fraction of sp³-hybridized carbons (Fsp3) is 1.00. The molecule has 0 saturated heterocycles. The normalized spacial score (nSPS) is 10.6. The topological polar surface area (TPSA) is 21.3 Å². The van der Waals surface area contributed by atoms with Crippen LogP contribution in [0, 0.1) is 0 Å². The molecule has 0 aromatic rings. The van der Waals surface area contributed by atoms with Crippen LogP contribution in [0.25, 0.3) is 0 Å². The second-order valence-corrected chi connectivity index (χ2v) is 13.3. The maximum atomic E-state index is 5.87. The van der Waals surface area contributed by atoms with Gasteiger partial charge in [0.25, 0.3) is 0 Å². The van der Waals surface area contributed by atoms with Gasteiger partial charge in [0.05, 0.1) is 0 Å². The zero-order chi connectivity index (χ0) is 30.9. The molecule has 0 spiro atoms. The molecule has 0 rings (SSSR count). The van der Waals surface area contributed by atoms with E-state index in [9.17, 15) is 0 Å². The van der Waals surface area contributed by atoms with Crippen molar-refractivity contribution < 1.29 is 35.7 Å². The second-order valence-electron chi connectivity index (χ2n) is 13.3. The molecule has 0 amide bonds. The van der Waals surface area contributed by atoms with Crippen LogP contribution in [0.3, 0.4) is 0 Å². The van der Waals surface area contributed by atoms with E-state index in [1.807, 2.05) is 7.05 Å². The van der Waals surface area contributed by atoms with E-state index in [1.54, 1.807) is 0 Å². The summed E-state index contributed by atoms with van der Waals surface area (Å²) in [5.41, 5.74) is 0. The van der Waals surface area contributed by atoms with Gasteiger partial charge < -0.3 is 11.5 Å². The first-order valence-electron chi connectivity index (χ1n) is 20.1. The summed E-state index contributed by atoms with van der Waals surface area (Å²) in [4.78, 5) is 0. The summed E-state index contributed by atoms with van der Waals surface area (Å²) in [6.45, 7) is 9.89. The largest absolute Gasteiger partial charge is 1.00 e. The van der Waals surface area contributed by atoms with Crippen molar-refractivity contribution in [3.8, 4) is 0 Å². The zero-order valence-corrected chi connectivity index (χ0v) is 34.6. The number of rotatable bonds is 36. The molecule has 4 heteroatoms. The van der Waals surface area contributed by atoms with Gasteiger partial charge in [-0.25, -0.2) is 0 Å². The smallest absolute Gasteiger partial charge is 1.00 e. The summed E-state index contributed by atoms with van der Waals surface area (Å²) in [7, 11) is 1.96. The zero-order valence-electron chi connectivity index (χ0n) is 32.8. The molecule has 0 bridgehead atoms. The van der Waals surface area contributed by atoms with Gasteiger partial charge in [0.2, 0.25) is 0 Å². The first-order chi connectivity index (χ1) is 20.8. The van der Waals surface area contributed by atoms with Crippen molar-refractivity contribution in [2.24, 2.45) is 0 Å². The Hall–Kier alpha value is 1.21. The second kappa shape index (κ2) is 53.7. The molecule has 0 fully saturated rings. The summed E-state index contributed by atoms with van der Waals surface area (Å²) in [5.74, 6) is 0. The number of hydrogen-bond donors (Lipinski definition) is 1. The van der Waals surface area contributed by atoms with E-state index in [0.29, 0.717) is 0 Å². The summed E-state index contributed by atoms with van der Waals surface area (Å²) in [6, 6.07) is 0. The maximum Gasteiger partial charge on any atom is 1.00 e. The van der Waals surface area contributed by atoms with Crippen LogP contribution >= 0.6 is 12.4 Å². The molecule has 0 aromatic heterocycles. The van der Waals surface area contributed by atoms with Gasteiger partial charge in [0, 0.05) is 13.2 Å². The predicted octanol–water partition coefficient (Wildman–Crippen LogP) is 11.7. The molecule has 2 nitrogen and oxygen atoms in total. The quantitative estimate of drug-likeness (QED) is 0.0535. The van der Waals surface area contributed by atoms with Gasteiger partial charge >= 0.3 is 29.6 Å². The van der Waals surface area contributed by atoms with Gasteiger partial charge in [-0.1, -0.05) is 213 Å². The summed E-state index contributed by atoms with van der Waals surface area (Å²) in [6.07, 6.45) is 47.3. The standard InChI is InChI=1S/C36H74O.C4H11N.ClH.Na.H/c1-3-5-7-9-11-13-15-17-19-21-23-25-27-29-31-33-35-37-36-34-32-30-28-26-24-22-20-18-16-14-12-10-8-6-4-2;1-3-4-5-2;;;/h3-36H2,1-2H3;5H,3-4H2,1-2H3;1H;;/q;;;+1;-1. The van der Waals surface area contributed by atoms with Crippen molar-refractivity contribution in [2.45, 2.75) is 233 Å². The van der Waals surface area contributed by atoms with E-state index >= 15 is 0 Å². The molecule has 0 aliphatic heterocycles. The third-order valence-electron chi connectivity index (χ3n) is 8.78. The third kappa shape index (κ3) is 55.6. The Morgan fingerprint density at radius 2 is 0.545 bits per heavy atom. The Kier molecular flexibility index (Phi) is 63.5. The molecule has 266 valence electrons. The van der Waals surface area contributed by atoms with Crippen molar-refractivity contribution in [1.82, 2.24) is 5.32 Å². The summed E-state index contributed by atoms with van der Waals surface area (Å²) < 4.78 is 5.87. The first kappa shape index (κ1) is 52.0. The molecule has 0 aliphatic carbocycles. The van der Waals surface area contributed by atoms with E-state index in [4.69, 9.17) is 4.74 Å². The van der Waals surface area contributed by atoms with Crippen molar-refractivity contribution in [3.05, 3.63) is 0 Å². The Labute approximate surface area is 311 Å². The molecular formula is C40H87ClNNaO. The first-order valence-corrected chi connectivity index (χ1v) is 20.1. The van der Waals surface area contributed by atoms with Crippen LogP contribution in [0.5, 0.6) is 0 Å². The van der Waals surface area contributed by atoms with E-state index in [2.05, 4.69) is 26.1 Å². The number of halogens is 1. The van der Waals surface area contributed by atoms with E-state index < -0.39 is 0 Å². The minimum atomic E-state index is 0. The molecule has 1 N–H and O–H groups in total. The van der Waals surface area contributed by atoms with Gasteiger partial charge in [0.15, 0.2) is 0 Å². The van der Waals surface area contributed by atoms with Crippen LogP contribution in [-0.2, 0) is 4.74 Å². The van der Waals surface area contributed by atoms with Crippen LogP contribution < -0.4 is 34.9 Å². The molecular weight excluding hydrogens is 569 g/mol. The van der Waals surface area contributed by atoms with Crippen LogP contribution in [0.15, 0.2) is 0 Å². The van der Waals surface area contributed by atoms with Crippen LogP contribution in [0.1, 0.15) is 234 Å². The monoisotopic (exact) mass is 656 g/mol. The Balaban J connectivity index is -0.000000613. The fourth-order valence-electron chi connectivity index (χ4n) is 5.86. The molecule has 44 heavy (non-hydrogen) atoms. The average molecular weight is 657 g/mol. The van der Waals surface area contributed by atoms with E-state index in [-0.39, 0.29) is 43.4 Å². The van der Waals surface area contributed by atoms with Crippen LogP contribution in [0.4, 0.5) is 0 Å². The van der Waals surface area contributed by atoms with E-state index in [0.717, 1.165) is 19.8 Å². The summed E-state index contributed by atoms with van der Waals surface area (Å²) >= 11 is 0. The number of hydrogen-bond acceptors (Lipinski definition) is 2. The minimum Gasteiger partial charge on any atom is -1.00 e. The number of nitrogens with one attached hydrogen (secondary N) is 1. The number of ether oxygens (including phenoxy) is 1. The summed E-state index contributed by atoms with van der Waals surface area (Å²) in [5, 5.41) is 3.02. The Bertz CT molecular complexity index is 397.